The van der Waals surface area contributed by atoms with Gasteiger partial charge in [0, 0.05) is 66.7 Å². The Morgan fingerprint density at radius 3 is 1.57 bits per heavy atom. The van der Waals surface area contributed by atoms with Crippen molar-refractivity contribution < 1.29 is 37.6 Å². The van der Waals surface area contributed by atoms with Crippen LogP contribution in [0, 0.1) is 0 Å². The van der Waals surface area contributed by atoms with Gasteiger partial charge in [-0.3, -0.25) is 0 Å². The number of amides is 1. The predicted octanol–water partition coefficient (Wildman–Crippen LogP) is 6.86. The van der Waals surface area contributed by atoms with Crippen molar-refractivity contribution in [1.82, 2.24) is 10.2 Å². The summed E-state index contributed by atoms with van der Waals surface area (Å²) in [6.45, 7) is 10.5. The predicted molar refractivity (Wildman–Crippen MR) is 159 cm³/mol. The first kappa shape index (κ1) is 35.0. The summed E-state index contributed by atoms with van der Waals surface area (Å²) in [5.41, 5.74) is 2.20. The van der Waals surface area contributed by atoms with Crippen molar-refractivity contribution in [2.75, 3.05) is 53.6 Å². The Labute approximate surface area is 262 Å². The SMILES string of the molecule is COCC1(c2ccc(Cl)cc2)CCN(C(=O)OC(C)(C)C)CC1.COCC1(c2ccc(Cl)cc2)CCNCC1.[V]. The van der Waals surface area contributed by atoms with Crippen molar-refractivity contribution in [3.8, 4) is 0 Å². The van der Waals surface area contributed by atoms with Crippen LogP contribution in [-0.4, -0.2) is 70.2 Å². The number of carbonyl (C=O) groups is 1. The maximum absolute atomic E-state index is 12.2. The van der Waals surface area contributed by atoms with Gasteiger partial charge in [-0.25, -0.2) is 4.79 Å². The van der Waals surface area contributed by atoms with E-state index in [0.717, 1.165) is 55.4 Å². The number of piperidine rings is 2. The fourth-order valence-corrected chi connectivity index (χ4v) is 5.79. The minimum Gasteiger partial charge on any atom is -0.444 e. The van der Waals surface area contributed by atoms with Crippen molar-refractivity contribution in [1.29, 1.82) is 0 Å². The molecular formula is C31H44Cl2N2O4V. The molecule has 40 heavy (non-hydrogen) atoms. The van der Waals surface area contributed by atoms with Gasteiger partial charge in [-0.1, -0.05) is 47.5 Å². The minimum absolute atomic E-state index is 0. The van der Waals surface area contributed by atoms with E-state index in [2.05, 4.69) is 29.6 Å². The van der Waals surface area contributed by atoms with Crippen LogP contribution in [0.15, 0.2) is 48.5 Å². The molecule has 0 bridgehead atoms. The van der Waals surface area contributed by atoms with Crippen LogP contribution in [0.4, 0.5) is 4.79 Å². The van der Waals surface area contributed by atoms with Gasteiger partial charge in [0.25, 0.3) is 0 Å². The molecule has 2 heterocycles. The normalized spacial score (nSPS) is 18.1. The first-order valence-corrected chi connectivity index (χ1v) is 14.5. The molecule has 0 atom stereocenters. The number of hydrogen-bond donors (Lipinski definition) is 1. The topological polar surface area (TPSA) is 60.0 Å². The van der Waals surface area contributed by atoms with Crippen LogP contribution >= 0.6 is 23.2 Å². The van der Waals surface area contributed by atoms with E-state index in [-0.39, 0.29) is 35.5 Å². The molecule has 0 saturated carbocycles. The van der Waals surface area contributed by atoms with E-state index < -0.39 is 5.60 Å². The largest absolute Gasteiger partial charge is 0.444 e. The van der Waals surface area contributed by atoms with Gasteiger partial charge in [0.1, 0.15) is 5.60 Å². The van der Waals surface area contributed by atoms with Gasteiger partial charge < -0.3 is 24.4 Å². The second-order valence-corrected chi connectivity index (χ2v) is 12.5. The molecule has 2 aromatic rings. The summed E-state index contributed by atoms with van der Waals surface area (Å²) < 4.78 is 16.4. The summed E-state index contributed by atoms with van der Waals surface area (Å²) in [5.74, 6) is 0. The first-order valence-electron chi connectivity index (χ1n) is 13.7. The monoisotopic (exact) mass is 629 g/mol. The fraction of sp³-hybridized carbons (Fsp3) is 0.581. The summed E-state index contributed by atoms with van der Waals surface area (Å²) >= 11 is 11.9. The molecule has 0 aromatic heterocycles. The summed E-state index contributed by atoms with van der Waals surface area (Å²) in [7, 11) is 3.50. The average Bonchev–Trinajstić information content (AvgIpc) is 2.90. The van der Waals surface area contributed by atoms with Gasteiger partial charge in [-0.05, 0) is 94.9 Å². The second-order valence-electron chi connectivity index (χ2n) is 11.7. The number of nitrogens with zero attached hydrogens (tertiary/aromatic N) is 1. The summed E-state index contributed by atoms with van der Waals surface area (Å²) in [6, 6.07) is 16.1. The number of likely N-dealkylation sites (tertiary alicyclic amines) is 1. The molecule has 2 aromatic carbocycles. The summed E-state index contributed by atoms with van der Waals surface area (Å²) in [4.78, 5) is 14.0. The van der Waals surface area contributed by atoms with Crippen molar-refractivity contribution >= 4 is 29.3 Å². The fourth-order valence-electron chi connectivity index (χ4n) is 5.54. The van der Waals surface area contributed by atoms with Gasteiger partial charge >= 0.3 is 6.09 Å². The third-order valence-electron chi connectivity index (χ3n) is 7.69. The standard InChI is InChI=1S/C18H26ClNO3.C13H18ClNO.V/c1-17(2,3)23-16(21)20-11-9-18(10-12-20,13-22-4)14-5-7-15(19)8-6-14;1-16-10-13(6-8-15-9-7-13)11-2-4-12(14)5-3-11;/h5-8H,9-13H2,1-4H3;2-5,15H,6-10H2,1H3;. The average molecular weight is 631 g/mol. The van der Waals surface area contributed by atoms with Gasteiger partial charge in [0.2, 0.25) is 0 Å². The van der Waals surface area contributed by atoms with Crippen molar-refractivity contribution in [3.05, 3.63) is 69.7 Å². The summed E-state index contributed by atoms with van der Waals surface area (Å²) in [5, 5.41) is 4.92. The third-order valence-corrected chi connectivity index (χ3v) is 8.19. The molecule has 221 valence electrons. The number of nitrogens with one attached hydrogen (secondary N) is 1. The molecule has 0 unspecified atom stereocenters. The molecule has 1 radical (unpaired) electrons. The van der Waals surface area contributed by atoms with Crippen LogP contribution in [0.5, 0.6) is 0 Å². The van der Waals surface area contributed by atoms with Crippen LogP contribution in [-0.2, 0) is 43.6 Å². The number of methoxy groups -OCH3 is 2. The number of hydrogen-bond acceptors (Lipinski definition) is 5. The first-order chi connectivity index (χ1) is 18.5. The van der Waals surface area contributed by atoms with Crippen molar-refractivity contribution in [2.45, 2.75) is 62.9 Å². The Balaban J connectivity index is 0.000000290. The molecule has 2 aliphatic rings. The quantitative estimate of drug-likeness (QED) is 0.378. The van der Waals surface area contributed by atoms with Crippen LogP contribution in [0.2, 0.25) is 10.0 Å². The Morgan fingerprint density at radius 1 is 0.800 bits per heavy atom. The Bertz CT molecular complexity index is 1030. The number of halogens is 2. The van der Waals surface area contributed by atoms with Gasteiger partial charge in [-0.15, -0.1) is 0 Å². The second kappa shape index (κ2) is 15.8. The Kier molecular flexibility index (Phi) is 13.8. The molecule has 2 fully saturated rings. The number of rotatable bonds is 6. The van der Waals surface area contributed by atoms with E-state index in [9.17, 15) is 4.79 Å². The Hall–Kier alpha value is -1.25. The molecule has 2 saturated heterocycles. The maximum atomic E-state index is 12.2. The molecule has 1 amide bonds. The van der Waals surface area contributed by atoms with E-state index in [0.29, 0.717) is 19.7 Å². The molecule has 9 heteroatoms. The smallest absolute Gasteiger partial charge is 0.410 e. The number of ether oxygens (including phenoxy) is 3. The van der Waals surface area contributed by atoms with E-state index >= 15 is 0 Å². The molecule has 6 nitrogen and oxygen atoms in total. The molecular weight excluding hydrogens is 586 g/mol. The number of carbonyl (C=O) groups excluding carboxylic acids is 1. The van der Waals surface area contributed by atoms with E-state index in [1.54, 1.807) is 19.1 Å². The minimum atomic E-state index is -0.464. The summed E-state index contributed by atoms with van der Waals surface area (Å²) in [6.07, 6.45) is 3.72. The van der Waals surface area contributed by atoms with Gasteiger partial charge in [-0.2, -0.15) is 0 Å². The van der Waals surface area contributed by atoms with Crippen LogP contribution in [0.3, 0.4) is 0 Å². The van der Waals surface area contributed by atoms with E-state index in [1.165, 1.54) is 11.1 Å². The van der Waals surface area contributed by atoms with Gasteiger partial charge in [0.15, 0.2) is 0 Å². The van der Waals surface area contributed by atoms with Gasteiger partial charge in [0.05, 0.1) is 13.2 Å². The van der Waals surface area contributed by atoms with Crippen LogP contribution < -0.4 is 5.32 Å². The molecule has 4 rings (SSSR count). The zero-order chi connectivity index (χ0) is 28.5. The maximum Gasteiger partial charge on any atom is 0.410 e. The van der Waals surface area contributed by atoms with E-state index in [4.69, 9.17) is 37.4 Å². The Morgan fingerprint density at radius 2 is 1.20 bits per heavy atom. The van der Waals surface area contributed by atoms with E-state index in [1.807, 2.05) is 45.0 Å². The molecule has 2 aliphatic heterocycles. The molecule has 0 spiro atoms. The van der Waals surface area contributed by atoms with Crippen LogP contribution in [0.1, 0.15) is 57.6 Å². The molecule has 0 aliphatic carbocycles. The molecule has 1 N–H and O–H groups in total. The zero-order valence-corrected chi connectivity index (χ0v) is 27.4. The van der Waals surface area contributed by atoms with Crippen molar-refractivity contribution in [2.24, 2.45) is 0 Å². The van der Waals surface area contributed by atoms with Crippen LogP contribution in [0.25, 0.3) is 0 Å². The third kappa shape index (κ3) is 9.66. The number of benzene rings is 2. The zero-order valence-electron chi connectivity index (χ0n) is 24.5. The van der Waals surface area contributed by atoms with Crippen molar-refractivity contribution in [3.63, 3.8) is 0 Å².